The zero-order valence-corrected chi connectivity index (χ0v) is 22.4. The van der Waals surface area contributed by atoms with Crippen molar-refractivity contribution in [2.75, 3.05) is 24.5 Å². The molecule has 5 rings (SSSR count). The van der Waals surface area contributed by atoms with Crippen LogP contribution in [0.5, 0.6) is 0 Å². The number of benzene rings is 1. The topological polar surface area (TPSA) is 84.2 Å². The first-order valence-corrected chi connectivity index (χ1v) is 13.2. The SMILES string of the molecule is C=CC(=O)N1CCN(c2nc(=O)n(-c3c(CC)cncc3CC)c3nc(-c4ccccc4F)ccc23)[C@@H](C)C1. The summed E-state index contributed by atoms with van der Waals surface area (Å²) in [5.41, 5.74) is 3.22. The van der Waals surface area contributed by atoms with E-state index in [4.69, 9.17) is 4.98 Å². The molecular formula is C30H31FN6O2. The summed E-state index contributed by atoms with van der Waals surface area (Å²) in [6, 6.07) is 9.98. The predicted molar refractivity (Wildman–Crippen MR) is 151 cm³/mol. The number of anilines is 1. The maximum absolute atomic E-state index is 14.8. The molecule has 1 aliphatic rings. The lowest BCUT2D eigenvalue weighted by atomic mass is 10.1. The Morgan fingerprint density at radius 2 is 1.79 bits per heavy atom. The number of nitrogens with zero attached hydrogens (tertiary/aromatic N) is 6. The molecule has 1 fully saturated rings. The van der Waals surface area contributed by atoms with E-state index in [1.165, 1.54) is 12.1 Å². The normalized spacial score (nSPS) is 15.5. The lowest BCUT2D eigenvalue weighted by Gasteiger charge is -2.40. The van der Waals surface area contributed by atoms with Gasteiger partial charge in [0.05, 0.1) is 16.8 Å². The molecule has 8 nitrogen and oxygen atoms in total. The number of aromatic nitrogens is 4. The number of aryl methyl sites for hydroxylation is 2. The number of carbonyl (C=O) groups excluding carboxylic acids is 1. The fraction of sp³-hybridized carbons (Fsp3) is 0.300. The summed E-state index contributed by atoms with van der Waals surface area (Å²) >= 11 is 0. The number of carbonyl (C=O) groups is 1. The van der Waals surface area contributed by atoms with E-state index in [-0.39, 0.29) is 11.9 Å². The molecule has 0 spiro atoms. The first-order chi connectivity index (χ1) is 18.9. The highest BCUT2D eigenvalue weighted by Gasteiger charge is 2.29. The van der Waals surface area contributed by atoms with Crippen LogP contribution in [0.2, 0.25) is 0 Å². The Morgan fingerprint density at radius 3 is 2.44 bits per heavy atom. The third-order valence-corrected chi connectivity index (χ3v) is 7.31. The van der Waals surface area contributed by atoms with Gasteiger partial charge in [-0.2, -0.15) is 4.98 Å². The van der Waals surface area contributed by atoms with Crippen molar-refractivity contribution >= 4 is 22.8 Å². The fourth-order valence-electron chi connectivity index (χ4n) is 5.28. The third-order valence-electron chi connectivity index (χ3n) is 7.31. The van der Waals surface area contributed by atoms with E-state index >= 15 is 0 Å². The van der Waals surface area contributed by atoms with Crippen LogP contribution in [0.3, 0.4) is 0 Å². The summed E-state index contributed by atoms with van der Waals surface area (Å²) < 4.78 is 16.3. The maximum atomic E-state index is 14.8. The molecule has 0 aliphatic carbocycles. The van der Waals surface area contributed by atoms with Crippen LogP contribution in [0.25, 0.3) is 28.0 Å². The predicted octanol–water partition coefficient (Wildman–Crippen LogP) is 4.33. The molecular weight excluding hydrogens is 495 g/mol. The summed E-state index contributed by atoms with van der Waals surface area (Å²) in [7, 11) is 0. The first-order valence-electron chi connectivity index (χ1n) is 13.2. The monoisotopic (exact) mass is 526 g/mol. The zero-order chi connectivity index (χ0) is 27.7. The van der Waals surface area contributed by atoms with E-state index in [2.05, 4.69) is 16.5 Å². The van der Waals surface area contributed by atoms with Crippen molar-refractivity contribution in [3.63, 3.8) is 0 Å². The van der Waals surface area contributed by atoms with Crippen molar-refractivity contribution in [2.45, 2.75) is 39.7 Å². The van der Waals surface area contributed by atoms with E-state index in [1.807, 2.05) is 31.7 Å². The lowest BCUT2D eigenvalue weighted by molar-refractivity contribution is -0.126. The number of pyridine rings is 2. The minimum absolute atomic E-state index is 0.0989. The average molecular weight is 527 g/mol. The van der Waals surface area contributed by atoms with E-state index in [1.54, 1.807) is 46.1 Å². The Morgan fingerprint density at radius 1 is 1.08 bits per heavy atom. The number of piperazine rings is 1. The van der Waals surface area contributed by atoms with Crippen LogP contribution in [0.15, 0.2) is 66.2 Å². The van der Waals surface area contributed by atoms with Gasteiger partial charge in [0, 0.05) is 43.6 Å². The fourth-order valence-corrected chi connectivity index (χ4v) is 5.28. The van der Waals surface area contributed by atoms with Gasteiger partial charge >= 0.3 is 5.69 Å². The summed E-state index contributed by atoms with van der Waals surface area (Å²) in [6.07, 6.45) is 6.17. The van der Waals surface area contributed by atoms with Crippen LogP contribution in [0, 0.1) is 5.82 Å². The Kier molecular flexibility index (Phi) is 7.24. The largest absolute Gasteiger partial charge is 0.355 e. The zero-order valence-electron chi connectivity index (χ0n) is 22.4. The van der Waals surface area contributed by atoms with Gasteiger partial charge in [-0.25, -0.2) is 18.7 Å². The molecule has 1 amide bonds. The molecule has 0 saturated carbocycles. The maximum Gasteiger partial charge on any atom is 0.355 e. The summed E-state index contributed by atoms with van der Waals surface area (Å²) in [5.74, 6) is -0.0124. The van der Waals surface area contributed by atoms with E-state index in [0.29, 0.717) is 60.6 Å². The van der Waals surface area contributed by atoms with Gasteiger partial charge in [-0.1, -0.05) is 32.6 Å². The first kappa shape index (κ1) is 26.2. The van der Waals surface area contributed by atoms with E-state index in [9.17, 15) is 14.0 Å². The van der Waals surface area contributed by atoms with Crippen molar-refractivity contribution in [1.29, 1.82) is 0 Å². The van der Waals surface area contributed by atoms with Gasteiger partial charge in [-0.3, -0.25) is 9.78 Å². The molecule has 0 bridgehead atoms. The van der Waals surface area contributed by atoms with E-state index < -0.39 is 11.5 Å². The molecule has 9 heteroatoms. The highest BCUT2D eigenvalue weighted by molar-refractivity contribution is 5.91. The summed E-state index contributed by atoms with van der Waals surface area (Å²) in [4.78, 5) is 43.7. The number of hydrogen-bond donors (Lipinski definition) is 0. The molecule has 0 radical (unpaired) electrons. The van der Waals surface area contributed by atoms with Gasteiger partial charge in [0.15, 0.2) is 5.65 Å². The van der Waals surface area contributed by atoms with Gasteiger partial charge in [-0.05, 0) is 61.2 Å². The number of rotatable bonds is 6. The minimum atomic E-state index is -0.469. The molecule has 39 heavy (non-hydrogen) atoms. The average Bonchev–Trinajstić information content (AvgIpc) is 2.96. The lowest BCUT2D eigenvalue weighted by Crippen LogP contribution is -2.54. The third kappa shape index (κ3) is 4.69. The molecule has 1 aromatic carbocycles. The second kappa shape index (κ2) is 10.8. The molecule has 1 saturated heterocycles. The van der Waals surface area contributed by atoms with Gasteiger partial charge in [-0.15, -0.1) is 0 Å². The van der Waals surface area contributed by atoms with Crippen LogP contribution in [-0.4, -0.2) is 56.0 Å². The standard InChI is InChI=1S/C30H31FN6O2/c1-5-20-16-32-17-21(6-2)27(20)37-29-23(12-13-25(33-29)22-10-8-9-11-24(22)31)28(34-30(37)39)36-15-14-35(18-19(36)4)26(38)7-3/h7-13,16-17,19H,3,5-6,14-15,18H2,1-2,4H3/t19-/m0/s1. The molecule has 3 aromatic heterocycles. The molecule has 200 valence electrons. The van der Waals surface area contributed by atoms with Gasteiger partial charge < -0.3 is 9.80 Å². The smallest absolute Gasteiger partial charge is 0.350 e. The van der Waals surface area contributed by atoms with Crippen LogP contribution in [0.4, 0.5) is 10.2 Å². The van der Waals surface area contributed by atoms with Gasteiger partial charge in [0.25, 0.3) is 0 Å². The van der Waals surface area contributed by atoms with Crippen LogP contribution in [-0.2, 0) is 17.6 Å². The van der Waals surface area contributed by atoms with Crippen LogP contribution in [0.1, 0.15) is 31.9 Å². The molecule has 4 heterocycles. The van der Waals surface area contributed by atoms with Crippen molar-refractivity contribution in [2.24, 2.45) is 0 Å². The number of halogens is 1. The van der Waals surface area contributed by atoms with Crippen molar-refractivity contribution < 1.29 is 9.18 Å². The Bertz CT molecular complexity index is 1610. The van der Waals surface area contributed by atoms with E-state index in [0.717, 1.165) is 16.8 Å². The second-order valence-electron chi connectivity index (χ2n) is 9.65. The number of amides is 1. The highest BCUT2D eigenvalue weighted by Crippen LogP contribution is 2.31. The van der Waals surface area contributed by atoms with Crippen molar-refractivity contribution in [1.82, 2.24) is 24.4 Å². The van der Waals surface area contributed by atoms with Crippen LogP contribution >= 0.6 is 0 Å². The number of hydrogen-bond acceptors (Lipinski definition) is 6. The minimum Gasteiger partial charge on any atom is -0.350 e. The van der Waals surface area contributed by atoms with Crippen LogP contribution < -0.4 is 10.6 Å². The van der Waals surface area contributed by atoms with Gasteiger partial charge in [0.1, 0.15) is 11.6 Å². The second-order valence-corrected chi connectivity index (χ2v) is 9.65. The van der Waals surface area contributed by atoms with Crippen molar-refractivity contribution in [3.8, 4) is 16.9 Å². The quantitative estimate of drug-likeness (QED) is 0.348. The summed E-state index contributed by atoms with van der Waals surface area (Å²) in [6.45, 7) is 11.1. The molecule has 1 atom stereocenters. The Labute approximate surface area is 226 Å². The summed E-state index contributed by atoms with van der Waals surface area (Å²) in [5, 5.41) is 0.672. The molecule has 0 N–H and O–H groups in total. The van der Waals surface area contributed by atoms with Gasteiger partial charge in [0.2, 0.25) is 5.91 Å². The number of fused-ring (bicyclic) bond motifs is 1. The Hall–Kier alpha value is -4.40. The van der Waals surface area contributed by atoms with Crippen molar-refractivity contribution in [3.05, 3.63) is 88.9 Å². The molecule has 0 unspecified atom stereocenters. The molecule has 1 aliphatic heterocycles. The molecule has 4 aromatic rings. The highest BCUT2D eigenvalue weighted by atomic mass is 19.1. The Balaban J connectivity index is 1.77.